The molecule has 0 bridgehead atoms. The van der Waals surface area contributed by atoms with Crippen LogP contribution in [-0.2, 0) is 6.42 Å². The lowest BCUT2D eigenvalue weighted by Crippen LogP contribution is -2.30. The first-order valence-corrected chi connectivity index (χ1v) is 7.45. The molecule has 2 aromatic carbocycles. The minimum atomic E-state index is -1.50. The van der Waals surface area contributed by atoms with Gasteiger partial charge in [0.2, 0.25) is 0 Å². The fraction of sp³-hybridized carbons (Fsp3) is 0.235. The lowest BCUT2D eigenvalue weighted by atomic mass is 9.80. The average molecular weight is 297 g/mol. The molecule has 4 nitrogen and oxygen atoms in total. The van der Waals surface area contributed by atoms with Gasteiger partial charge >= 0.3 is 7.12 Å². The number of aryl methyl sites for hydroxylation is 1. The van der Waals surface area contributed by atoms with Crippen molar-refractivity contribution >= 4 is 18.5 Å². The zero-order valence-corrected chi connectivity index (χ0v) is 12.4. The number of rotatable bonds is 7. The van der Waals surface area contributed by atoms with E-state index < -0.39 is 7.12 Å². The van der Waals surface area contributed by atoms with Crippen molar-refractivity contribution in [2.45, 2.75) is 19.3 Å². The average Bonchev–Trinajstić information content (AvgIpc) is 2.55. The molecule has 0 saturated heterocycles. The van der Waals surface area contributed by atoms with Gasteiger partial charge in [0.1, 0.15) is 0 Å². The molecule has 0 spiro atoms. The fourth-order valence-electron chi connectivity index (χ4n) is 2.21. The molecule has 5 heteroatoms. The summed E-state index contributed by atoms with van der Waals surface area (Å²) in [6.07, 6.45) is 2.97. The van der Waals surface area contributed by atoms with Crippen LogP contribution in [0.25, 0.3) is 0 Å². The van der Waals surface area contributed by atoms with E-state index >= 15 is 0 Å². The van der Waals surface area contributed by atoms with E-state index in [-0.39, 0.29) is 5.91 Å². The van der Waals surface area contributed by atoms with Crippen molar-refractivity contribution in [3.05, 3.63) is 65.7 Å². The van der Waals surface area contributed by atoms with Crippen LogP contribution in [0.3, 0.4) is 0 Å². The van der Waals surface area contributed by atoms with Gasteiger partial charge in [-0.2, -0.15) is 0 Å². The molecule has 0 heterocycles. The molecule has 0 radical (unpaired) electrons. The van der Waals surface area contributed by atoms with Gasteiger partial charge in [0, 0.05) is 12.1 Å². The third kappa shape index (κ3) is 5.02. The summed E-state index contributed by atoms with van der Waals surface area (Å²) < 4.78 is 0. The number of nitrogens with one attached hydrogen (secondary N) is 1. The first-order chi connectivity index (χ1) is 10.7. The maximum absolute atomic E-state index is 11.9. The van der Waals surface area contributed by atoms with Crippen LogP contribution in [0, 0.1) is 0 Å². The Bertz CT molecular complexity index is 585. The number of unbranched alkanes of at least 4 members (excludes halogenated alkanes) is 1. The molecular weight excluding hydrogens is 277 g/mol. The Balaban J connectivity index is 1.69. The van der Waals surface area contributed by atoms with Gasteiger partial charge in [-0.25, -0.2) is 0 Å². The van der Waals surface area contributed by atoms with E-state index in [0.29, 0.717) is 17.6 Å². The molecular formula is C17H20BNO3. The predicted molar refractivity (Wildman–Crippen MR) is 88.0 cm³/mol. The summed E-state index contributed by atoms with van der Waals surface area (Å²) >= 11 is 0. The maximum atomic E-state index is 11.9. The fourth-order valence-corrected chi connectivity index (χ4v) is 2.21. The highest BCUT2D eigenvalue weighted by Crippen LogP contribution is 2.04. The van der Waals surface area contributed by atoms with Gasteiger partial charge in [0.15, 0.2) is 0 Å². The highest BCUT2D eigenvalue weighted by molar-refractivity contribution is 6.58. The summed E-state index contributed by atoms with van der Waals surface area (Å²) in [5.74, 6) is -0.140. The van der Waals surface area contributed by atoms with Crippen LogP contribution in [0.2, 0.25) is 0 Å². The number of carbonyl (C=O) groups is 1. The van der Waals surface area contributed by atoms with Gasteiger partial charge in [0.25, 0.3) is 5.91 Å². The van der Waals surface area contributed by atoms with Crippen LogP contribution in [0.1, 0.15) is 28.8 Å². The molecule has 0 saturated carbocycles. The SMILES string of the molecule is O=C(NCCCCc1ccccc1)c1ccc(B(O)O)cc1. The van der Waals surface area contributed by atoms with E-state index in [1.807, 2.05) is 18.2 Å². The first kappa shape index (κ1) is 16.3. The molecule has 2 rings (SSSR count). The molecule has 0 aliphatic heterocycles. The Morgan fingerprint density at radius 3 is 2.27 bits per heavy atom. The van der Waals surface area contributed by atoms with E-state index in [4.69, 9.17) is 10.0 Å². The monoisotopic (exact) mass is 297 g/mol. The summed E-state index contributed by atoms with van der Waals surface area (Å²) in [5.41, 5.74) is 2.21. The minimum Gasteiger partial charge on any atom is -0.423 e. The van der Waals surface area contributed by atoms with E-state index in [1.165, 1.54) is 17.7 Å². The van der Waals surface area contributed by atoms with E-state index in [1.54, 1.807) is 12.1 Å². The summed E-state index contributed by atoms with van der Waals surface area (Å²) in [6.45, 7) is 0.635. The second-order valence-corrected chi connectivity index (χ2v) is 5.19. The van der Waals surface area contributed by atoms with Gasteiger partial charge in [0.05, 0.1) is 0 Å². The maximum Gasteiger partial charge on any atom is 0.488 e. The third-order valence-corrected chi connectivity index (χ3v) is 3.49. The smallest absolute Gasteiger partial charge is 0.423 e. The molecule has 0 aliphatic carbocycles. The highest BCUT2D eigenvalue weighted by Gasteiger charge is 2.11. The van der Waals surface area contributed by atoms with Crippen LogP contribution in [0.15, 0.2) is 54.6 Å². The normalized spacial score (nSPS) is 10.3. The molecule has 0 aliphatic rings. The van der Waals surface area contributed by atoms with Crippen LogP contribution in [-0.4, -0.2) is 29.6 Å². The second kappa shape index (κ2) is 8.36. The van der Waals surface area contributed by atoms with Crippen molar-refractivity contribution in [2.75, 3.05) is 6.54 Å². The van der Waals surface area contributed by atoms with Crippen LogP contribution < -0.4 is 10.8 Å². The van der Waals surface area contributed by atoms with Gasteiger partial charge < -0.3 is 15.4 Å². The Labute approximate surface area is 131 Å². The highest BCUT2D eigenvalue weighted by atomic mass is 16.4. The largest absolute Gasteiger partial charge is 0.488 e. The molecule has 2 aromatic rings. The van der Waals surface area contributed by atoms with E-state index in [0.717, 1.165) is 19.3 Å². The standard InChI is InChI=1S/C17H20BNO3/c20-17(15-9-11-16(12-10-15)18(21)22)19-13-5-4-8-14-6-2-1-3-7-14/h1-3,6-7,9-12,21-22H,4-5,8,13H2,(H,19,20). The van der Waals surface area contributed by atoms with Crippen molar-refractivity contribution in [3.8, 4) is 0 Å². The molecule has 0 aromatic heterocycles. The van der Waals surface area contributed by atoms with Crippen molar-refractivity contribution in [2.24, 2.45) is 0 Å². The van der Waals surface area contributed by atoms with Gasteiger partial charge in [-0.15, -0.1) is 0 Å². The molecule has 0 atom stereocenters. The van der Waals surface area contributed by atoms with Gasteiger partial charge in [-0.05, 0) is 42.4 Å². The van der Waals surface area contributed by atoms with Gasteiger partial charge in [-0.1, -0.05) is 42.5 Å². The summed E-state index contributed by atoms with van der Waals surface area (Å²) in [5, 5.41) is 20.9. The Hall–Kier alpha value is -2.11. The molecule has 0 unspecified atom stereocenters. The Morgan fingerprint density at radius 1 is 0.955 bits per heavy atom. The quantitative estimate of drug-likeness (QED) is 0.530. The topological polar surface area (TPSA) is 69.6 Å². The Morgan fingerprint density at radius 2 is 1.64 bits per heavy atom. The van der Waals surface area contributed by atoms with Crippen molar-refractivity contribution in [1.82, 2.24) is 5.32 Å². The van der Waals surface area contributed by atoms with E-state index in [2.05, 4.69) is 17.4 Å². The summed E-state index contributed by atoms with van der Waals surface area (Å²) in [6, 6.07) is 16.5. The number of amides is 1. The number of carbonyl (C=O) groups excluding carboxylic acids is 1. The van der Waals surface area contributed by atoms with Crippen LogP contribution >= 0.6 is 0 Å². The first-order valence-electron chi connectivity index (χ1n) is 7.45. The molecule has 3 N–H and O–H groups in total. The number of benzene rings is 2. The van der Waals surface area contributed by atoms with Crippen LogP contribution in [0.5, 0.6) is 0 Å². The molecule has 114 valence electrons. The lowest BCUT2D eigenvalue weighted by Gasteiger charge is -2.06. The Kier molecular flexibility index (Phi) is 6.19. The minimum absolute atomic E-state index is 0.140. The molecule has 1 amide bonds. The predicted octanol–water partition coefficient (Wildman–Crippen LogP) is 1.12. The second-order valence-electron chi connectivity index (χ2n) is 5.19. The van der Waals surface area contributed by atoms with Crippen molar-refractivity contribution in [3.63, 3.8) is 0 Å². The molecule has 22 heavy (non-hydrogen) atoms. The van der Waals surface area contributed by atoms with E-state index in [9.17, 15) is 4.79 Å². The summed E-state index contributed by atoms with van der Waals surface area (Å²) in [4.78, 5) is 11.9. The number of hydrogen-bond donors (Lipinski definition) is 3. The van der Waals surface area contributed by atoms with Crippen LogP contribution in [0.4, 0.5) is 0 Å². The number of hydrogen-bond acceptors (Lipinski definition) is 3. The third-order valence-electron chi connectivity index (χ3n) is 3.49. The zero-order valence-electron chi connectivity index (χ0n) is 12.4. The zero-order chi connectivity index (χ0) is 15.8. The molecule has 0 fully saturated rings. The lowest BCUT2D eigenvalue weighted by molar-refractivity contribution is 0.0953. The van der Waals surface area contributed by atoms with Crippen molar-refractivity contribution in [1.29, 1.82) is 0 Å². The van der Waals surface area contributed by atoms with Crippen molar-refractivity contribution < 1.29 is 14.8 Å². The summed E-state index contributed by atoms with van der Waals surface area (Å²) in [7, 11) is -1.50. The van der Waals surface area contributed by atoms with Gasteiger partial charge in [-0.3, -0.25) is 4.79 Å².